The van der Waals surface area contributed by atoms with Crippen LogP contribution in [0.5, 0.6) is 11.5 Å². The van der Waals surface area contributed by atoms with E-state index in [0.29, 0.717) is 13.2 Å². The summed E-state index contributed by atoms with van der Waals surface area (Å²) >= 11 is 0. The highest BCUT2D eigenvalue weighted by molar-refractivity contribution is 5.43. The second-order valence-electron chi connectivity index (χ2n) is 8.26. The molecule has 0 saturated carbocycles. The monoisotopic (exact) mass is 372 g/mol. The Morgan fingerprint density at radius 3 is 1.33 bits per heavy atom. The number of ether oxygens (including phenoxy) is 2. The van der Waals surface area contributed by atoms with Crippen LogP contribution in [0.1, 0.15) is 45.2 Å². The summed E-state index contributed by atoms with van der Waals surface area (Å²) in [7, 11) is 0. The lowest BCUT2D eigenvalue weighted by Gasteiger charge is -2.37. The first-order valence-corrected chi connectivity index (χ1v) is 9.47. The van der Waals surface area contributed by atoms with E-state index in [1.807, 2.05) is 24.3 Å². The molecule has 0 aliphatic carbocycles. The van der Waals surface area contributed by atoms with E-state index < -0.39 is 0 Å². The average Bonchev–Trinajstić information content (AvgIpc) is 2.64. The van der Waals surface area contributed by atoms with Crippen LogP contribution in [0.25, 0.3) is 0 Å². The molecule has 0 amide bonds. The van der Waals surface area contributed by atoms with Crippen molar-refractivity contribution in [1.29, 1.82) is 0 Å². The molecule has 2 N–H and O–H groups in total. The fourth-order valence-electron chi connectivity index (χ4n) is 3.60. The van der Waals surface area contributed by atoms with Crippen molar-refractivity contribution in [2.75, 3.05) is 26.4 Å². The molecule has 0 saturated heterocycles. The van der Waals surface area contributed by atoms with Gasteiger partial charge in [-0.3, -0.25) is 0 Å². The Morgan fingerprint density at radius 2 is 1.04 bits per heavy atom. The van der Waals surface area contributed by atoms with E-state index in [9.17, 15) is 0 Å². The highest BCUT2D eigenvalue weighted by atomic mass is 16.5. The summed E-state index contributed by atoms with van der Waals surface area (Å²) in [6.45, 7) is 9.64. The second kappa shape index (κ2) is 9.25. The molecule has 0 fully saturated rings. The van der Waals surface area contributed by atoms with Crippen molar-refractivity contribution in [2.24, 2.45) is 5.41 Å². The van der Waals surface area contributed by atoms with Crippen molar-refractivity contribution in [3.63, 3.8) is 0 Å². The second-order valence-corrected chi connectivity index (χ2v) is 8.26. The van der Waals surface area contributed by atoms with Gasteiger partial charge in [-0.2, -0.15) is 0 Å². The third kappa shape index (κ3) is 5.98. The zero-order valence-electron chi connectivity index (χ0n) is 16.9. The highest BCUT2D eigenvalue weighted by Crippen LogP contribution is 2.42. The molecule has 0 bridgehead atoms. The molecule has 4 nitrogen and oxygen atoms in total. The summed E-state index contributed by atoms with van der Waals surface area (Å²) in [5.74, 6) is 1.53. The Morgan fingerprint density at radius 1 is 0.667 bits per heavy atom. The maximum Gasteiger partial charge on any atom is 0.119 e. The Balaban J connectivity index is 2.34. The van der Waals surface area contributed by atoms with Crippen LogP contribution < -0.4 is 9.47 Å². The summed E-state index contributed by atoms with van der Waals surface area (Å²) in [4.78, 5) is 0. The lowest BCUT2D eigenvalue weighted by atomic mass is 9.67. The summed E-state index contributed by atoms with van der Waals surface area (Å²) < 4.78 is 11.0. The van der Waals surface area contributed by atoms with E-state index in [0.717, 1.165) is 17.9 Å². The molecule has 0 aliphatic rings. The third-order valence-corrected chi connectivity index (χ3v) is 4.59. The first kappa shape index (κ1) is 21.3. The Hall–Kier alpha value is -2.04. The van der Waals surface area contributed by atoms with Crippen LogP contribution in [0.4, 0.5) is 0 Å². The molecular formula is C23H32O4. The maximum atomic E-state index is 8.91. The Labute approximate surface area is 162 Å². The van der Waals surface area contributed by atoms with Gasteiger partial charge in [-0.25, -0.2) is 0 Å². The first-order chi connectivity index (χ1) is 12.8. The first-order valence-electron chi connectivity index (χ1n) is 9.47. The van der Waals surface area contributed by atoms with Crippen LogP contribution in [0, 0.1) is 5.41 Å². The van der Waals surface area contributed by atoms with E-state index in [1.54, 1.807) is 0 Å². The summed E-state index contributed by atoms with van der Waals surface area (Å²) in [6.07, 6.45) is 0.980. The van der Waals surface area contributed by atoms with Crippen LogP contribution in [-0.2, 0) is 5.41 Å². The predicted octanol–water partition coefficient (Wildman–Crippen LogP) is 4.17. The molecule has 27 heavy (non-hydrogen) atoms. The van der Waals surface area contributed by atoms with Crippen LogP contribution >= 0.6 is 0 Å². The number of aliphatic hydroxyl groups is 2. The predicted molar refractivity (Wildman–Crippen MR) is 109 cm³/mol. The van der Waals surface area contributed by atoms with E-state index in [4.69, 9.17) is 19.7 Å². The van der Waals surface area contributed by atoms with Gasteiger partial charge < -0.3 is 19.7 Å². The molecular weight excluding hydrogens is 340 g/mol. The van der Waals surface area contributed by atoms with Crippen LogP contribution in [0.15, 0.2) is 48.5 Å². The molecule has 4 heteroatoms. The van der Waals surface area contributed by atoms with Gasteiger partial charge in [0, 0.05) is 5.41 Å². The fourth-order valence-corrected chi connectivity index (χ4v) is 3.60. The van der Waals surface area contributed by atoms with Crippen LogP contribution in [0.3, 0.4) is 0 Å². The van der Waals surface area contributed by atoms with Gasteiger partial charge in [0.15, 0.2) is 0 Å². The molecule has 0 unspecified atom stereocenters. The zero-order valence-corrected chi connectivity index (χ0v) is 16.9. The molecule has 0 aromatic heterocycles. The van der Waals surface area contributed by atoms with Crippen LogP contribution in [-0.4, -0.2) is 36.6 Å². The topological polar surface area (TPSA) is 58.9 Å². The zero-order chi connectivity index (χ0) is 19.9. The molecule has 148 valence electrons. The lowest BCUT2D eigenvalue weighted by Crippen LogP contribution is -2.29. The number of benzene rings is 2. The van der Waals surface area contributed by atoms with E-state index in [2.05, 4.69) is 52.0 Å². The van der Waals surface area contributed by atoms with Gasteiger partial charge >= 0.3 is 0 Å². The molecule has 0 radical (unpaired) electrons. The van der Waals surface area contributed by atoms with E-state index in [1.165, 1.54) is 11.1 Å². The molecule has 0 aliphatic heterocycles. The number of hydrogen-bond donors (Lipinski definition) is 2. The number of rotatable bonds is 9. The summed E-state index contributed by atoms with van der Waals surface area (Å²) in [5, 5.41) is 17.8. The quantitative estimate of drug-likeness (QED) is 0.694. The van der Waals surface area contributed by atoms with Crippen molar-refractivity contribution in [3.8, 4) is 11.5 Å². The number of aliphatic hydroxyl groups excluding tert-OH is 2. The summed E-state index contributed by atoms with van der Waals surface area (Å²) in [6, 6.07) is 16.3. The fraction of sp³-hybridized carbons (Fsp3) is 0.478. The maximum absolute atomic E-state index is 8.91. The van der Waals surface area contributed by atoms with Crippen molar-refractivity contribution in [2.45, 2.75) is 39.5 Å². The standard InChI is InChI=1S/C23H32O4/c1-22(2,3)17-23(4,18-5-9-20(10-6-18)26-15-13-24)19-7-11-21(12-8-19)27-16-14-25/h5-12,24-25H,13-17H2,1-4H3. The normalized spacial score (nSPS) is 12.1. The minimum atomic E-state index is -0.163. The largest absolute Gasteiger partial charge is 0.491 e. The Bertz CT molecular complexity index is 632. The van der Waals surface area contributed by atoms with E-state index in [-0.39, 0.29) is 24.0 Å². The summed E-state index contributed by atoms with van der Waals surface area (Å²) in [5.41, 5.74) is 2.42. The lowest BCUT2D eigenvalue weighted by molar-refractivity contribution is 0.201. The smallest absolute Gasteiger partial charge is 0.119 e. The van der Waals surface area contributed by atoms with E-state index >= 15 is 0 Å². The molecule has 2 aromatic carbocycles. The van der Waals surface area contributed by atoms with Crippen molar-refractivity contribution < 1.29 is 19.7 Å². The van der Waals surface area contributed by atoms with Crippen molar-refractivity contribution in [1.82, 2.24) is 0 Å². The van der Waals surface area contributed by atoms with Gasteiger partial charge in [-0.05, 0) is 47.2 Å². The molecule has 2 aromatic rings. The minimum Gasteiger partial charge on any atom is -0.491 e. The molecule has 0 atom stereocenters. The molecule has 0 spiro atoms. The Kier molecular flexibility index (Phi) is 7.28. The SMILES string of the molecule is CC(C)(C)CC(C)(c1ccc(OCCO)cc1)c1ccc(OCCO)cc1. The van der Waals surface area contributed by atoms with Gasteiger partial charge in [0.2, 0.25) is 0 Å². The van der Waals surface area contributed by atoms with Crippen LogP contribution in [0.2, 0.25) is 0 Å². The van der Waals surface area contributed by atoms with Crippen molar-refractivity contribution >= 4 is 0 Å². The molecule has 0 heterocycles. The molecule has 2 rings (SSSR count). The minimum absolute atomic E-state index is 0.00813. The average molecular weight is 373 g/mol. The van der Waals surface area contributed by atoms with Crippen molar-refractivity contribution in [3.05, 3.63) is 59.7 Å². The van der Waals surface area contributed by atoms with Gasteiger partial charge in [0.25, 0.3) is 0 Å². The third-order valence-electron chi connectivity index (χ3n) is 4.59. The highest BCUT2D eigenvalue weighted by Gasteiger charge is 2.33. The number of hydrogen-bond acceptors (Lipinski definition) is 4. The van der Waals surface area contributed by atoms with Gasteiger partial charge in [-0.1, -0.05) is 52.0 Å². The van der Waals surface area contributed by atoms with Gasteiger partial charge in [0.1, 0.15) is 24.7 Å². The van der Waals surface area contributed by atoms with Gasteiger partial charge in [0.05, 0.1) is 13.2 Å². The van der Waals surface area contributed by atoms with Gasteiger partial charge in [-0.15, -0.1) is 0 Å².